The van der Waals surface area contributed by atoms with Crippen LogP contribution in [0, 0.1) is 5.92 Å². The fourth-order valence-corrected chi connectivity index (χ4v) is 5.09. The number of carbonyl (C=O) groups excluding carboxylic acids is 1. The number of rotatable bonds is 10. The first-order valence-corrected chi connectivity index (χ1v) is 14.3. The number of likely N-dealkylation sites (tertiary alicyclic amines) is 1. The lowest BCUT2D eigenvalue weighted by molar-refractivity contribution is -0.137. The van der Waals surface area contributed by atoms with Gasteiger partial charge in [-0.2, -0.15) is 13.2 Å². The van der Waals surface area contributed by atoms with Crippen molar-refractivity contribution in [2.75, 3.05) is 31.6 Å². The smallest absolute Gasteiger partial charge is 0.345 e. The quantitative estimate of drug-likeness (QED) is 0.185. The van der Waals surface area contributed by atoms with Gasteiger partial charge in [0.05, 0.1) is 11.6 Å². The third kappa shape index (κ3) is 8.41. The Hall–Kier alpha value is -3.72. The van der Waals surface area contributed by atoms with Gasteiger partial charge >= 0.3 is 6.18 Å². The van der Waals surface area contributed by atoms with E-state index in [4.69, 9.17) is 0 Å². The van der Waals surface area contributed by atoms with E-state index in [1.54, 1.807) is 17.3 Å². The third-order valence-corrected chi connectivity index (χ3v) is 7.68. The highest BCUT2D eigenvalue weighted by Gasteiger charge is 2.35. The Morgan fingerprint density at radius 1 is 1.02 bits per heavy atom. The Balaban J connectivity index is 1.51. The van der Waals surface area contributed by atoms with E-state index in [9.17, 15) is 18.0 Å². The Labute approximate surface area is 245 Å². The van der Waals surface area contributed by atoms with Crippen LogP contribution >= 0.6 is 0 Å². The van der Waals surface area contributed by atoms with Gasteiger partial charge in [0.2, 0.25) is 5.91 Å². The zero-order valence-electron chi connectivity index (χ0n) is 24.3. The van der Waals surface area contributed by atoms with Crippen LogP contribution in [-0.4, -0.2) is 59.6 Å². The number of piperidine rings is 1. The van der Waals surface area contributed by atoms with Gasteiger partial charge in [-0.1, -0.05) is 38.1 Å². The summed E-state index contributed by atoms with van der Waals surface area (Å²) >= 11 is 0. The molecule has 0 aliphatic carbocycles. The van der Waals surface area contributed by atoms with E-state index in [1.807, 2.05) is 48.3 Å². The first-order chi connectivity index (χ1) is 20.0. The summed E-state index contributed by atoms with van der Waals surface area (Å²) in [6.45, 7) is 6.28. The van der Waals surface area contributed by atoms with Crippen LogP contribution in [0.1, 0.15) is 43.4 Å². The maximum absolute atomic E-state index is 15.6. The van der Waals surface area contributed by atoms with Gasteiger partial charge in [-0.15, -0.1) is 0 Å². The monoisotopic (exact) mass is 582 g/mol. The summed E-state index contributed by atoms with van der Waals surface area (Å²) in [5.41, 5.74) is 2.49. The molecule has 0 N–H and O–H groups in total. The third-order valence-electron chi connectivity index (χ3n) is 7.68. The predicted molar refractivity (Wildman–Crippen MR) is 159 cm³/mol. The van der Waals surface area contributed by atoms with Crippen molar-refractivity contribution in [1.29, 1.82) is 0 Å². The van der Waals surface area contributed by atoms with Gasteiger partial charge in [0.1, 0.15) is 6.17 Å². The minimum atomic E-state index is -4.43. The summed E-state index contributed by atoms with van der Waals surface area (Å²) in [5, 5.41) is 0. The van der Waals surface area contributed by atoms with Gasteiger partial charge in [0.25, 0.3) is 0 Å². The molecule has 0 saturated carbocycles. The first kappa shape index (κ1) is 31.2. The molecule has 1 aliphatic heterocycles. The van der Waals surface area contributed by atoms with Gasteiger partial charge < -0.3 is 14.7 Å². The molecule has 1 fully saturated rings. The topological polar surface area (TPSA) is 39.7 Å². The average Bonchev–Trinajstić information content (AvgIpc) is 2.98. The molecule has 1 amide bonds. The molecule has 2 atom stereocenters. The minimum absolute atomic E-state index is 0.215. The van der Waals surface area contributed by atoms with Crippen molar-refractivity contribution < 1.29 is 22.4 Å². The van der Waals surface area contributed by atoms with Crippen LogP contribution in [0.2, 0.25) is 0 Å². The Bertz CT molecular complexity index is 1310. The molecule has 1 saturated heterocycles. The zero-order chi connectivity index (χ0) is 30.3. The lowest BCUT2D eigenvalue weighted by atomic mass is 9.99. The number of amides is 1. The molecule has 9 heteroatoms. The first-order valence-electron chi connectivity index (χ1n) is 14.3. The minimum Gasteiger partial charge on any atom is -0.345 e. The van der Waals surface area contributed by atoms with E-state index in [0.717, 1.165) is 42.0 Å². The second kappa shape index (κ2) is 14.0. The molecule has 4 rings (SSSR count). The number of aromatic nitrogens is 1. The van der Waals surface area contributed by atoms with E-state index in [1.165, 1.54) is 24.3 Å². The van der Waals surface area contributed by atoms with Gasteiger partial charge in [-0.25, -0.2) is 4.39 Å². The van der Waals surface area contributed by atoms with Crippen LogP contribution in [0.4, 0.5) is 28.9 Å². The van der Waals surface area contributed by atoms with Crippen molar-refractivity contribution >= 4 is 23.4 Å². The number of carbonyl (C=O) groups is 1. The van der Waals surface area contributed by atoms with Crippen LogP contribution in [0.15, 0.2) is 79.1 Å². The van der Waals surface area contributed by atoms with Crippen molar-refractivity contribution in [3.05, 3.63) is 95.8 Å². The molecule has 3 aromatic rings. The summed E-state index contributed by atoms with van der Waals surface area (Å²) in [4.78, 5) is 23.3. The molecule has 224 valence electrons. The fraction of sp³-hybridized carbons (Fsp3) is 0.394. The van der Waals surface area contributed by atoms with Crippen LogP contribution in [0.3, 0.4) is 0 Å². The average molecular weight is 583 g/mol. The fourth-order valence-electron chi connectivity index (χ4n) is 5.09. The molecule has 0 spiro atoms. The SMILES string of the molecule is CC(C)CCN1CC[C@@H](N(Cc2ccc(N(C)c3ccncc3)cc2)C(=O)/C=C/c2ccc(C(F)(F)F)cc2)[C@H](F)C1. The number of benzene rings is 2. The predicted octanol–water partition coefficient (Wildman–Crippen LogP) is 7.37. The number of pyridine rings is 1. The molecule has 0 bridgehead atoms. The van der Waals surface area contributed by atoms with Crippen LogP contribution in [-0.2, 0) is 17.5 Å². The van der Waals surface area contributed by atoms with Crippen LogP contribution in [0.5, 0.6) is 0 Å². The molecule has 2 aromatic carbocycles. The van der Waals surface area contributed by atoms with Crippen LogP contribution in [0.25, 0.3) is 6.08 Å². The molecule has 1 aromatic heterocycles. The highest BCUT2D eigenvalue weighted by Crippen LogP contribution is 2.30. The van der Waals surface area contributed by atoms with E-state index in [2.05, 4.69) is 23.7 Å². The van der Waals surface area contributed by atoms with Crippen LogP contribution < -0.4 is 4.90 Å². The van der Waals surface area contributed by atoms with E-state index >= 15 is 4.39 Å². The summed E-state index contributed by atoms with van der Waals surface area (Å²) in [6, 6.07) is 15.6. The van der Waals surface area contributed by atoms with Crippen molar-refractivity contribution in [2.24, 2.45) is 5.92 Å². The summed E-state index contributed by atoms with van der Waals surface area (Å²) in [5.74, 6) is 0.144. The summed E-state index contributed by atoms with van der Waals surface area (Å²) in [7, 11) is 1.95. The standard InChI is InChI=1S/C33H38F4N4O/c1-24(2)16-20-40-21-17-31(30(34)23-40)41(32(42)13-8-25-4-9-27(10-5-25)33(35,36)37)22-26-6-11-28(12-7-26)39(3)29-14-18-38-19-15-29/h4-15,18-19,24,30-31H,16-17,20-23H2,1-3H3/b13-8+/t30-,31-/m1/s1. The highest BCUT2D eigenvalue weighted by molar-refractivity contribution is 5.92. The lowest BCUT2D eigenvalue weighted by Crippen LogP contribution is -2.53. The maximum atomic E-state index is 15.6. The molecule has 42 heavy (non-hydrogen) atoms. The molecular weight excluding hydrogens is 544 g/mol. The highest BCUT2D eigenvalue weighted by atomic mass is 19.4. The number of hydrogen-bond donors (Lipinski definition) is 0. The summed E-state index contributed by atoms with van der Waals surface area (Å²) in [6.07, 6.45) is 2.09. The van der Waals surface area contributed by atoms with E-state index < -0.39 is 24.0 Å². The number of alkyl halides is 4. The van der Waals surface area contributed by atoms with Crippen molar-refractivity contribution in [3.8, 4) is 0 Å². The van der Waals surface area contributed by atoms with Crippen molar-refractivity contribution in [1.82, 2.24) is 14.8 Å². The van der Waals surface area contributed by atoms with E-state index in [0.29, 0.717) is 24.4 Å². The Morgan fingerprint density at radius 2 is 1.67 bits per heavy atom. The Kier molecular flexibility index (Phi) is 10.4. The van der Waals surface area contributed by atoms with Gasteiger partial charge in [-0.3, -0.25) is 9.78 Å². The lowest BCUT2D eigenvalue weighted by Gasteiger charge is -2.40. The Morgan fingerprint density at radius 3 is 2.26 bits per heavy atom. The maximum Gasteiger partial charge on any atom is 0.416 e. The van der Waals surface area contributed by atoms with E-state index in [-0.39, 0.29) is 19.0 Å². The second-order valence-corrected chi connectivity index (χ2v) is 11.2. The second-order valence-electron chi connectivity index (χ2n) is 11.2. The molecule has 5 nitrogen and oxygen atoms in total. The molecule has 2 heterocycles. The zero-order valence-corrected chi connectivity index (χ0v) is 24.3. The number of anilines is 2. The number of halogens is 4. The normalized spacial score (nSPS) is 18.0. The van der Waals surface area contributed by atoms with Gasteiger partial charge in [0, 0.05) is 56.5 Å². The van der Waals surface area contributed by atoms with Crippen molar-refractivity contribution in [2.45, 2.75) is 51.6 Å². The number of hydrogen-bond acceptors (Lipinski definition) is 4. The van der Waals surface area contributed by atoms with Crippen molar-refractivity contribution in [3.63, 3.8) is 0 Å². The number of nitrogens with zero attached hydrogens (tertiary/aromatic N) is 4. The summed E-state index contributed by atoms with van der Waals surface area (Å²) < 4.78 is 54.4. The molecular formula is C33H38F4N4O. The largest absolute Gasteiger partial charge is 0.416 e. The van der Waals surface area contributed by atoms with Gasteiger partial charge in [0.15, 0.2) is 0 Å². The molecule has 0 unspecified atom stereocenters. The molecule has 0 radical (unpaired) electrons. The van der Waals surface area contributed by atoms with Gasteiger partial charge in [-0.05, 0) is 78.9 Å². The molecule has 1 aliphatic rings.